The smallest absolute Gasteiger partial charge is 0.161 e. The van der Waals surface area contributed by atoms with Crippen LogP contribution in [0.1, 0.15) is 59.3 Å². The summed E-state index contributed by atoms with van der Waals surface area (Å²) in [6.07, 6.45) is 6.76. The Morgan fingerprint density at radius 3 is 1.04 bits per heavy atom. The van der Waals surface area contributed by atoms with E-state index in [2.05, 4.69) is 78.1 Å². The van der Waals surface area contributed by atoms with Gasteiger partial charge in [0.05, 0.1) is 66.1 Å². The minimum atomic E-state index is 0.0922. The van der Waals surface area contributed by atoms with E-state index >= 15 is 0 Å². The van der Waals surface area contributed by atoms with E-state index in [9.17, 15) is 0 Å². The Hall–Kier alpha value is -0.780. The first-order valence-electron chi connectivity index (χ1n) is 16.9. The fraction of sp³-hybridized carbons (Fsp3) is 0.667. The van der Waals surface area contributed by atoms with Gasteiger partial charge in [-0.1, -0.05) is 64.3 Å². The third-order valence-electron chi connectivity index (χ3n) is 5.92. The van der Waals surface area contributed by atoms with Crippen LogP contribution in [-0.2, 0) is 28.4 Å². The van der Waals surface area contributed by atoms with Crippen LogP contribution in [0.25, 0.3) is 0 Å². The van der Waals surface area contributed by atoms with E-state index in [0.717, 1.165) is 58.3 Å². The normalized spacial score (nSPS) is 10.5. The van der Waals surface area contributed by atoms with Gasteiger partial charge in [0.1, 0.15) is 13.2 Å². The molecule has 0 aliphatic carbocycles. The Morgan fingerprint density at radius 1 is 0.426 bits per heavy atom. The van der Waals surface area contributed by atoms with Gasteiger partial charge < -0.3 is 43.0 Å². The van der Waals surface area contributed by atoms with Crippen molar-refractivity contribution in [2.45, 2.75) is 59.3 Å². The fourth-order valence-corrected chi connectivity index (χ4v) is 4.09. The van der Waals surface area contributed by atoms with Crippen molar-refractivity contribution in [3.05, 3.63) is 55.7 Å². The number of benzene rings is 2. The summed E-state index contributed by atoms with van der Waals surface area (Å²) in [6, 6.07) is 15.9. The van der Waals surface area contributed by atoms with Crippen molar-refractivity contribution in [2.75, 3.05) is 99.1 Å². The largest absolute Gasteiger partial charge is 0.487 e. The number of para-hydroxylation sites is 2. The van der Waals surface area contributed by atoms with E-state index in [4.69, 9.17) is 43.0 Å². The van der Waals surface area contributed by atoms with Crippen LogP contribution in [0, 0.1) is 7.14 Å². The van der Waals surface area contributed by atoms with E-state index in [1.54, 1.807) is 0 Å². The van der Waals surface area contributed by atoms with Crippen LogP contribution in [0.2, 0.25) is 0 Å². The summed E-state index contributed by atoms with van der Waals surface area (Å²) < 4.78 is 46.3. The summed E-state index contributed by atoms with van der Waals surface area (Å²) in [5.41, 5.74) is 0. The first kappa shape index (κ1) is 46.2. The predicted molar refractivity (Wildman–Crippen MR) is 206 cm³/mol. The molecule has 0 aliphatic heterocycles. The van der Waals surface area contributed by atoms with Crippen molar-refractivity contribution >= 4 is 45.2 Å². The molecule has 0 fully saturated rings. The lowest BCUT2D eigenvalue weighted by Crippen LogP contribution is -2.13. The molecule has 1 N–H and O–H groups in total. The molecule has 47 heavy (non-hydrogen) atoms. The Labute approximate surface area is 311 Å². The van der Waals surface area contributed by atoms with Gasteiger partial charge in [0.2, 0.25) is 0 Å². The maximum absolute atomic E-state index is 8.34. The molecule has 0 heterocycles. The molecule has 2 rings (SSSR count). The molecule has 0 saturated heterocycles. The summed E-state index contributed by atoms with van der Waals surface area (Å²) in [7, 11) is 0. The van der Waals surface area contributed by atoms with E-state index in [0.29, 0.717) is 84.2 Å². The molecule has 11 heteroatoms. The van der Waals surface area contributed by atoms with Crippen molar-refractivity contribution < 1.29 is 43.0 Å². The molecule has 0 radical (unpaired) electrons. The van der Waals surface area contributed by atoms with E-state index in [1.165, 1.54) is 7.14 Å². The molecule has 0 bridgehead atoms. The average molecular weight is 891 g/mol. The standard InChI is InChI=1S/C22H38O6.C8H18O3.C6H4I2/c1-3-5-11-23-13-15-25-17-19-27-21-9-7-8-10-22(21)28-20-18-26-16-14-24-12-6-4-2;1-2-3-5-10-7-8-11-6-4-9;7-5-3-1-2-4-6(5)8/h7-10H,3-6,11-20H2,1-2H3;9H,2-8H2,1H3;1-4H. The molecule has 0 aliphatic rings. The van der Waals surface area contributed by atoms with Crippen LogP contribution >= 0.6 is 45.2 Å². The monoisotopic (exact) mass is 890 g/mol. The summed E-state index contributed by atoms with van der Waals surface area (Å²) in [5, 5.41) is 8.34. The van der Waals surface area contributed by atoms with Crippen molar-refractivity contribution in [2.24, 2.45) is 0 Å². The minimum absolute atomic E-state index is 0.0922. The van der Waals surface area contributed by atoms with Crippen LogP contribution in [-0.4, -0.2) is 104 Å². The lowest BCUT2D eigenvalue weighted by molar-refractivity contribution is 0.0324. The number of halogens is 2. The quantitative estimate of drug-likeness (QED) is 0.0679. The fourth-order valence-electron chi connectivity index (χ4n) is 3.32. The van der Waals surface area contributed by atoms with Crippen molar-refractivity contribution in [1.29, 1.82) is 0 Å². The van der Waals surface area contributed by atoms with Crippen LogP contribution in [0.5, 0.6) is 11.5 Å². The Morgan fingerprint density at radius 2 is 0.723 bits per heavy atom. The van der Waals surface area contributed by atoms with Gasteiger partial charge >= 0.3 is 0 Å². The van der Waals surface area contributed by atoms with Crippen LogP contribution in [0.3, 0.4) is 0 Å². The zero-order chi connectivity index (χ0) is 34.5. The maximum atomic E-state index is 8.34. The zero-order valence-electron chi connectivity index (χ0n) is 28.9. The third kappa shape index (κ3) is 32.2. The Bertz CT molecular complexity index is 838. The van der Waals surface area contributed by atoms with E-state index in [1.807, 2.05) is 36.4 Å². The number of aliphatic hydroxyl groups excluding tert-OH is 1. The van der Waals surface area contributed by atoms with E-state index in [-0.39, 0.29) is 6.61 Å². The van der Waals surface area contributed by atoms with Gasteiger partial charge in [-0.3, -0.25) is 0 Å². The lowest BCUT2D eigenvalue weighted by atomic mass is 10.3. The lowest BCUT2D eigenvalue weighted by Gasteiger charge is -2.13. The number of unbranched alkanes of at least 4 members (excludes halogenated alkanes) is 3. The van der Waals surface area contributed by atoms with Gasteiger partial charge in [0.15, 0.2) is 11.5 Å². The molecule has 2 aromatic carbocycles. The molecule has 9 nitrogen and oxygen atoms in total. The van der Waals surface area contributed by atoms with Crippen LogP contribution in [0.4, 0.5) is 0 Å². The molecule has 0 unspecified atom stereocenters. The first-order valence-corrected chi connectivity index (χ1v) is 19.1. The molecule has 272 valence electrons. The van der Waals surface area contributed by atoms with Crippen molar-refractivity contribution in [3.63, 3.8) is 0 Å². The number of rotatable bonds is 28. The minimum Gasteiger partial charge on any atom is -0.487 e. The Balaban J connectivity index is 0.000000900. The average Bonchev–Trinajstić information content (AvgIpc) is 3.09. The Kier molecular flexibility index (Phi) is 37.4. The maximum Gasteiger partial charge on any atom is 0.161 e. The highest BCUT2D eigenvalue weighted by molar-refractivity contribution is 14.1. The molecule has 0 atom stereocenters. The molecular weight excluding hydrogens is 830 g/mol. The number of hydrogen-bond acceptors (Lipinski definition) is 9. The van der Waals surface area contributed by atoms with Crippen molar-refractivity contribution in [1.82, 2.24) is 0 Å². The van der Waals surface area contributed by atoms with Gasteiger partial charge in [-0.2, -0.15) is 0 Å². The third-order valence-corrected chi connectivity index (χ3v) is 8.84. The molecule has 0 amide bonds. The highest BCUT2D eigenvalue weighted by atomic mass is 127. The topological polar surface area (TPSA) is 94.1 Å². The zero-order valence-corrected chi connectivity index (χ0v) is 33.3. The van der Waals surface area contributed by atoms with E-state index < -0.39 is 0 Å². The summed E-state index contributed by atoms with van der Waals surface area (Å²) >= 11 is 4.63. The van der Waals surface area contributed by atoms with Gasteiger partial charge in [-0.05, 0) is 88.7 Å². The summed E-state index contributed by atoms with van der Waals surface area (Å²) in [6.45, 7) is 15.0. The number of aliphatic hydroxyl groups is 1. The first-order chi connectivity index (χ1) is 23.1. The molecule has 0 saturated carbocycles. The van der Waals surface area contributed by atoms with Crippen LogP contribution in [0.15, 0.2) is 48.5 Å². The van der Waals surface area contributed by atoms with Gasteiger partial charge in [-0.25, -0.2) is 0 Å². The highest BCUT2D eigenvalue weighted by Crippen LogP contribution is 2.26. The molecule has 2 aromatic rings. The van der Waals surface area contributed by atoms with Gasteiger partial charge in [0.25, 0.3) is 0 Å². The second-order valence-corrected chi connectivity index (χ2v) is 12.3. The van der Waals surface area contributed by atoms with Gasteiger partial charge in [0, 0.05) is 27.0 Å². The molecule has 0 aromatic heterocycles. The number of ether oxygens (including phenoxy) is 8. The SMILES string of the molecule is CCCCOCCOCCO.CCCCOCCOCCOc1ccccc1OCCOCCOCCCC.Ic1ccccc1I. The summed E-state index contributed by atoms with van der Waals surface area (Å²) in [5.74, 6) is 1.43. The molecular formula is C36H60I2O9. The highest BCUT2D eigenvalue weighted by Gasteiger charge is 2.04. The van der Waals surface area contributed by atoms with Gasteiger partial charge in [-0.15, -0.1) is 0 Å². The second-order valence-electron chi connectivity index (χ2n) is 10.0. The predicted octanol–water partition coefficient (Wildman–Crippen LogP) is 7.82. The van der Waals surface area contributed by atoms with Crippen molar-refractivity contribution in [3.8, 4) is 11.5 Å². The van der Waals surface area contributed by atoms with Crippen LogP contribution < -0.4 is 9.47 Å². The summed E-state index contributed by atoms with van der Waals surface area (Å²) in [4.78, 5) is 0. The second kappa shape index (κ2) is 38.0. The number of hydrogen-bond donors (Lipinski definition) is 1. The molecule has 0 spiro atoms.